The molecule has 1 fully saturated rings. The van der Waals surface area contributed by atoms with Crippen molar-refractivity contribution in [3.05, 3.63) is 39.6 Å². The maximum atomic E-state index is 12.9. The first kappa shape index (κ1) is 24.9. The summed E-state index contributed by atoms with van der Waals surface area (Å²) in [6.07, 6.45) is 4.46. The number of hydrogen-bond donors (Lipinski definition) is 2. The van der Waals surface area contributed by atoms with Crippen LogP contribution >= 0.6 is 35.0 Å². The van der Waals surface area contributed by atoms with Crippen LogP contribution in [0.4, 0.5) is 0 Å². The maximum absolute atomic E-state index is 12.9. The topological polar surface area (TPSA) is 88.9 Å². The van der Waals surface area contributed by atoms with Crippen molar-refractivity contribution in [1.29, 1.82) is 0 Å². The Kier molecular flexibility index (Phi) is 8.85. The molecular weight excluding hydrogens is 469 g/mol. The van der Waals surface area contributed by atoms with Crippen LogP contribution in [0.2, 0.25) is 10.0 Å². The van der Waals surface area contributed by atoms with E-state index in [1.807, 2.05) is 25.3 Å². The molecule has 1 aromatic carbocycles. The zero-order chi connectivity index (χ0) is 23.3. The van der Waals surface area contributed by atoms with Crippen LogP contribution < -0.4 is 10.6 Å². The van der Waals surface area contributed by atoms with Gasteiger partial charge in [0.15, 0.2) is 11.0 Å². The quantitative estimate of drug-likeness (QED) is 0.481. The van der Waals surface area contributed by atoms with Gasteiger partial charge in [0.25, 0.3) is 5.91 Å². The number of amides is 2. The Balaban J connectivity index is 1.71. The van der Waals surface area contributed by atoms with Crippen LogP contribution in [0.15, 0.2) is 23.4 Å². The highest BCUT2D eigenvalue weighted by Crippen LogP contribution is 2.27. The molecule has 0 bridgehead atoms. The van der Waals surface area contributed by atoms with Crippen molar-refractivity contribution in [3.8, 4) is 0 Å². The zero-order valence-electron chi connectivity index (χ0n) is 18.5. The number of thioether (sulfide) groups is 1. The number of nitrogens with one attached hydrogen (secondary N) is 2. The second-order valence-corrected chi connectivity index (χ2v) is 10.0. The third kappa shape index (κ3) is 6.17. The summed E-state index contributed by atoms with van der Waals surface area (Å²) >= 11 is 13.5. The van der Waals surface area contributed by atoms with Crippen LogP contribution in [0.1, 0.15) is 68.7 Å². The molecule has 10 heteroatoms. The molecule has 3 rings (SSSR count). The third-order valence-corrected chi connectivity index (χ3v) is 7.04. The van der Waals surface area contributed by atoms with E-state index in [0.717, 1.165) is 12.8 Å². The average Bonchev–Trinajstić information content (AvgIpc) is 3.39. The Hall–Kier alpha value is -1.77. The smallest absolute Gasteiger partial charge is 0.253 e. The Labute approximate surface area is 203 Å². The molecule has 1 aliphatic rings. The molecular formula is C22H29Cl2N5O2S. The van der Waals surface area contributed by atoms with Gasteiger partial charge < -0.3 is 15.2 Å². The Morgan fingerprint density at radius 1 is 1.22 bits per heavy atom. The number of carbonyl (C=O) groups is 2. The summed E-state index contributed by atoms with van der Waals surface area (Å²) in [4.78, 5) is 25.2. The molecule has 0 radical (unpaired) electrons. The second kappa shape index (κ2) is 11.4. The first-order chi connectivity index (χ1) is 15.3. The normalized spacial score (nSPS) is 15.2. The lowest BCUT2D eigenvalue weighted by Gasteiger charge is -2.23. The molecule has 2 amide bonds. The van der Waals surface area contributed by atoms with Gasteiger partial charge in [0, 0.05) is 17.6 Å². The summed E-state index contributed by atoms with van der Waals surface area (Å²) in [5.41, 5.74) is 0.350. The van der Waals surface area contributed by atoms with Gasteiger partial charge in [-0.1, -0.05) is 61.7 Å². The standard InChI is InChI=1S/C22H29Cl2N5O2S/c1-4-29-20(27-28-22(29)32-12-18(30)25-15-7-5-6-8-15)19(13(2)3)26-21(31)16-10-9-14(23)11-17(16)24/h9-11,13,15,19H,4-8,12H2,1-3H3,(H,25,30)(H,26,31)/t19-/m0/s1. The number of benzene rings is 1. The Morgan fingerprint density at radius 3 is 2.56 bits per heavy atom. The summed E-state index contributed by atoms with van der Waals surface area (Å²) in [5.74, 6) is 0.706. The van der Waals surface area contributed by atoms with Crippen LogP contribution in [-0.4, -0.2) is 38.4 Å². The van der Waals surface area contributed by atoms with Crippen molar-refractivity contribution >= 4 is 46.8 Å². The third-order valence-electron chi connectivity index (χ3n) is 5.52. The molecule has 32 heavy (non-hydrogen) atoms. The summed E-state index contributed by atoms with van der Waals surface area (Å²) in [5, 5.41) is 16.2. The van der Waals surface area contributed by atoms with Gasteiger partial charge in [-0.25, -0.2) is 0 Å². The SMILES string of the molecule is CCn1c(SCC(=O)NC2CCCC2)nnc1[C@@H](NC(=O)c1ccc(Cl)cc1Cl)C(C)C. The van der Waals surface area contributed by atoms with E-state index < -0.39 is 0 Å². The van der Waals surface area contributed by atoms with Crippen molar-refractivity contribution in [1.82, 2.24) is 25.4 Å². The molecule has 2 N–H and O–H groups in total. The summed E-state index contributed by atoms with van der Waals surface area (Å²) in [6, 6.07) is 4.70. The van der Waals surface area contributed by atoms with E-state index in [1.165, 1.54) is 24.6 Å². The molecule has 0 unspecified atom stereocenters. The molecule has 1 saturated carbocycles. The van der Waals surface area contributed by atoms with E-state index in [2.05, 4.69) is 20.8 Å². The summed E-state index contributed by atoms with van der Waals surface area (Å²) in [6.45, 7) is 6.62. The van der Waals surface area contributed by atoms with Gasteiger partial charge >= 0.3 is 0 Å². The number of hydrogen-bond acceptors (Lipinski definition) is 5. The monoisotopic (exact) mass is 497 g/mol. The number of halogens is 2. The molecule has 7 nitrogen and oxygen atoms in total. The van der Waals surface area contributed by atoms with E-state index in [4.69, 9.17) is 23.2 Å². The summed E-state index contributed by atoms with van der Waals surface area (Å²) < 4.78 is 1.95. The van der Waals surface area contributed by atoms with Crippen molar-refractivity contribution < 1.29 is 9.59 Å². The fraction of sp³-hybridized carbons (Fsp3) is 0.545. The average molecular weight is 498 g/mol. The first-order valence-corrected chi connectivity index (χ1v) is 12.7. The van der Waals surface area contributed by atoms with Crippen molar-refractivity contribution in [3.63, 3.8) is 0 Å². The van der Waals surface area contributed by atoms with Crippen molar-refractivity contribution in [2.24, 2.45) is 5.92 Å². The van der Waals surface area contributed by atoms with Crippen LogP contribution in [0.25, 0.3) is 0 Å². The molecule has 174 valence electrons. The van der Waals surface area contributed by atoms with Gasteiger partial charge in [0.05, 0.1) is 22.4 Å². The van der Waals surface area contributed by atoms with Crippen LogP contribution in [0, 0.1) is 5.92 Å². The minimum Gasteiger partial charge on any atom is -0.353 e. The largest absolute Gasteiger partial charge is 0.353 e. The van der Waals surface area contributed by atoms with E-state index in [0.29, 0.717) is 39.2 Å². The lowest BCUT2D eigenvalue weighted by Crippen LogP contribution is -2.34. The van der Waals surface area contributed by atoms with E-state index in [9.17, 15) is 9.59 Å². The minimum atomic E-state index is -0.372. The molecule has 0 saturated heterocycles. The minimum absolute atomic E-state index is 0.0141. The summed E-state index contributed by atoms with van der Waals surface area (Å²) in [7, 11) is 0. The number of carbonyl (C=O) groups excluding carboxylic acids is 2. The highest BCUT2D eigenvalue weighted by Gasteiger charge is 2.27. The lowest BCUT2D eigenvalue weighted by molar-refractivity contribution is -0.119. The van der Waals surface area contributed by atoms with Gasteiger partial charge in [-0.15, -0.1) is 10.2 Å². The van der Waals surface area contributed by atoms with Crippen molar-refractivity contribution in [2.75, 3.05) is 5.75 Å². The van der Waals surface area contributed by atoms with Crippen LogP contribution in [-0.2, 0) is 11.3 Å². The zero-order valence-corrected chi connectivity index (χ0v) is 20.9. The van der Waals surface area contributed by atoms with Crippen LogP contribution in [0.5, 0.6) is 0 Å². The van der Waals surface area contributed by atoms with Crippen molar-refractivity contribution in [2.45, 2.75) is 70.2 Å². The fourth-order valence-electron chi connectivity index (χ4n) is 3.83. The molecule has 1 aliphatic carbocycles. The predicted octanol–water partition coefficient (Wildman–Crippen LogP) is 4.88. The van der Waals surface area contributed by atoms with Crippen LogP contribution in [0.3, 0.4) is 0 Å². The highest BCUT2D eigenvalue weighted by atomic mass is 35.5. The predicted molar refractivity (Wildman–Crippen MR) is 128 cm³/mol. The molecule has 1 atom stereocenters. The maximum Gasteiger partial charge on any atom is 0.253 e. The Bertz CT molecular complexity index is 960. The van der Waals surface area contributed by atoms with Gasteiger partial charge in [-0.2, -0.15) is 0 Å². The van der Waals surface area contributed by atoms with Gasteiger partial charge in [0.1, 0.15) is 0 Å². The number of aromatic nitrogens is 3. The van der Waals surface area contributed by atoms with Gasteiger partial charge in [-0.3, -0.25) is 9.59 Å². The molecule has 0 aliphatic heterocycles. The molecule has 1 aromatic heterocycles. The van der Waals surface area contributed by atoms with E-state index in [1.54, 1.807) is 18.2 Å². The molecule has 2 aromatic rings. The fourth-order valence-corrected chi connectivity index (χ4v) is 5.14. The lowest BCUT2D eigenvalue weighted by atomic mass is 10.0. The highest BCUT2D eigenvalue weighted by molar-refractivity contribution is 7.99. The molecule has 0 spiro atoms. The van der Waals surface area contributed by atoms with Gasteiger partial charge in [-0.05, 0) is 43.9 Å². The number of nitrogens with zero attached hydrogens (tertiary/aromatic N) is 3. The second-order valence-electron chi connectivity index (χ2n) is 8.24. The number of rotatable bonds is 9. The van der Waals surface area contributed by atoms with Gasteiger partial charge in [0.2, 0.25) is 5.91 Å². The molecule has 1 heterocycles. The first-order valence-electron chi connectivity index (χ1n) is 10.9. The Morgan fingerprint density at radius 2 is 1.94 bits per heavy atom. The van der Waals surface area contributed by atoms with E-state index in [-0.39, 0.29) is 29.5 Å². The van der Waals surface area contributed by atoms with E-state index >= 15 is 0 Å².